The zero-order valence-electron chi connectivity index (χ0n) is 12.0. The fourth-order valence-electron chi connectivity index (χ4n) is 2.95. The number of nitrogens with zero attached hydrogens (tertiary/aromatic N) is 2. The van der Waals surface area contributed by atoms with Gasteiger partial charge in [-0.2, -0.15) is 0 Å². The zero-order valence-corrected chi connectivity index (χ0v) is 13.5. The molecule has 1 aliphatic rings. The van der Waals surface area contributed by atoms with Crippen LogP contribution >= 0.6 is 24.0 Å². The van der Waals surface area contributed by atoms with Crippen LogP contribution in [0.15, 0.2) is 30.5 Å². The molecular weight excluding hydrogens is 305 g/mol. The molecule has 3 nitrogen and oxygen atoms in total. The Bertz CT molecular complexity index is 595. The first kappa shape index (κ1) is 16.5. The van der Waals surface area contributed by atoms with Gasteiger partial charge >= 0.3 is 0 Å². The van der Waals surface area contributed by atoms with Crippen molar-refractivity contribution in [3.8, 4) is 0 Å². The van der Waals surface area contributed by atoms with Gasteiger partial charge in [-0.1, -0.05) is 17.7 Å². The van der Waals surface area contributed by atoms with Crippen molar-refractivity contribution in [2.24, 2.45) is 11.7 Å². The first-order valence-corrected chi connectivity index (χ1v) is 7.60. The van der Waals surface area contributed by atoms with Crippen LogP contribution in [-0.4, -0.2) is 29.5 Å². The van der Waals surface area contributed by atoms with Crippen LogP contribution < -0.4 is 5.73 Å². The lowest BCUT2D eigenvalue weighted by Gasteiger charge is -2.31. The molecule has 5 heteroatoms. The molecule has 1 fully saturated rings. The summed E-state index contributed by atoms with van der Waals surface area (Å²) in [5, 5.41) is 1.82. The third-order valence-electron chi connectivity index (χ3n) is 4.23. The quantitative estimate of drug-likeness (QED) is 0.939. The molecule has 114 valence electrons. The van der Waals surface area contributed by atoms with Crippen molar-refractivity contribution in [2.75, 3.05) is 19.6 Å². The highest BCUT2D eigenvalue weighted by Gasteiger charge is 2.19. The number of likely N-dealkylation sites (tertiary alicyclic amines) is 1. The molecular formula is C16H21Cl2N3. The summed E-state index contributed by atoms with van der Waals surface area (Å²) in [6.45, 7) is 4.01. The second-order valence-corrected chi connectivity index (χ2v) is 5.97. The molecule has 1 aromatic heterocycles. The van der Waals surface area contributed by atoms with Gasteiger partial charge in [0.2, 0.25) is 0 Å². The summed E-state index contributed by atoms with van der Waals surface area (Å²) in [5.41, 5.74) is 8.04. The molecule has 0 aliphatic carbocycles. The first-order chi connectivity index (χ1) is 9.78. The maximum absolute atomic E-state index is 6.24. The van der Waals surface area contributed by atoms with Crippen LogP contribution in [0.5, 0.6) is 0 Å². The fourth-order valence-corrected chi connectivity index (χ4v) is 3.16. The van der Waals surface area contributed by atoms with Gasteiger partial charge in [0.15, 0.2) is 0 Å². The van der Waals surface area contributed by atoms with E-state index in [0.717, 1.165) is 42.1 Å². The number of piperidine rings is 1. The van der Waals surface area contributed by atoms with Crippen LogP contribution in [0.1, 0.15) is 18.4 Å². The van der Waals surface area contributed by atoms with Gasteiger partial charge in [0, 0.05) is 23.2 Å². The molecule has 1 saturated heterocycles. The zero-order chi connectivity index (χ0) is 13.9. The normalized spacial score (nSPS) is 16.9. The van der Waals surface area contributed by atoms with Crippen LogP contribution in [0.4, 0.5) is 0 Å². The summed E-state index contributed by atoms with van der Waals surface area (Å²) in [7, 11) is 0. The highest BCUT2D eigenvalue weighted by Crippen LogP contribution is 2.26. The summed E-state index contributed by atoms with van der Waals surface area (Å²) in [6, 6.07) is 8.06. The van der Waals surface area contributed by atoms with E-state index in [1.165, 1.54) is 18.4 Å². The molecule has 0 amide bonds. The predicted molar refractivity (Wildman–Crippen MR) is 91.1 cm³/mol. The number of halogens is 2. The molecule has 2 aromatic rings. The Labute approximate surface area is 136 Å². The highest BCUT2D eigenvalue weighted by molar-refractivity contribution is 6.35. The number of hydrogen-bond donors (Lipinski definition) is 1. The minimum atomic E-state index is 0. The van der Waals surface area contributed by atoms with Crippen molar-refractivity contribution in [1.29, 1.82) is 0 Å². The van der Waals surface area contributed by atoms with E-state index in [1.807, 2.05) is 24.4 Å². The number of fused-ring (bicyclic) bond motifs is 1. The van der Waals surface area contributed by atoms with E-state index in [4.69, 9.17) is 17.3 Å². The molecule has 0 bridgehead atoms. The highest BCUT2D eigenvalue weighted by atomic mass is 35.5. The van der Waals surface area contributed by atoms with Crippen molar-refractivity contribution in [3.05, 3.63) is 41.0 Å². The van der Waals surface area contributed by atoms with Crippen molar-refractivity contribution < 1.29 is 0 Å². The molecule has 0 atom stereocenters. The van der Waals surface area contributed by atoms with Crippen molar-refractivity contribution >= 4 is 34.9 Å². The average molecular weight is 326 g/mol. The Morgan fingerprint density at radius 2 is 2.00 bits per heavy atom. The number of aromatic nitrogens is 1. The van der Waals surface area contributed by atoms with E-state index in [2.05, 4.69) is 16.0 Å². The van der Waals surface area contributed by atoms with Crippen LogP contribution in [0.2, 0.25) is 5.02 Å². The summed E-state index contributed by atoms with van der Waals surface area (Å²) in [5.74, 6) is 0.700. The predicted octanol–water partition coefficient (Wildman–Crippen LogP) is 3.48. The van der Waals surface area contributed by atoms with Gasteiger partial charge in [-0.3, -0.25) is 9.88 Å². The van der Waals surface area contributed by atoms with Gasteiger partial charge in [-0.05, 0) is 62.2 Å². The number of nitrogens with two attached hydrogens (primary N) is 1. The van der Waals surface area contributed by atoms with E-state index in [-0.39, 0.29) is 12.4 Å². The standard InChI is InChI=1S/C16H20ClN3.ClH/c17-15-4-3-13(16-14(15)2-1-7-19-16)11-20-8-5-12(10-18)6-9-20;/h1-4,7,12H,5-6,8-11,18H2;1H. The van der Waals surface area contributed by atoms with Gasteiger partial charge < -0.3 is 5.73 Å². The van der Waals surface area contributed by atoms with Gasteiger partial charge in [0.1, 0.15) is 0 Å². The van der Waals surface area contributed by atoms with Gasteiger partial charge in [0.25, 0.3) is 0 Å². The molecule has 2 heterocycles. The molecule has 0 radical (unpaired) electrons. The monoisotopic (exact) mass is 325 g/mol. The number of pyridine rings is 1. The maximum Gasteiger partial charge on any atom is 0.0761 e. The van der Waals surface area contributed by atoms with E-state index < -0.39 is 0 Å². The van der Waals surface area contributed by atoms with Crippen molar-refractivity contribution in [1.82, 2.24) is 9.88 Å². The second-order valence-electron chi connectivity index (χ2n) is 5.56. The van der Waals surface area contributed by atoms with Crippen molar-refractivity contribution in [2.45, 2.75) is 19.4 Å². The van der Waals surface area contributed by atoms with Gasteiger partial charge in [-0.15, -0.1) is 12.4 Å². The minimum absolute atomic E-state index is 0. The van der Waals surface area contributed by atoms with E-state index >= 15 is 0 Å². The van der Waals surface area contributed by atoms with E-state index in [0.29, 0.717) is 5.92 Å². The third-order valence-corrected chi connectivity index (χ3v) is 4.56. The second kappa shape index (κ2) is 7.41. The Hall–Kier alpha value is -0.870. The fraction of sp³-hybridized carbons (Fsp3) is 0.438. The van der Waals surface area contributed by atoms with Gasteiger partial charge in [0.05, 0.1) is 5.52 Å². The lowest BCUT2D eigenvalue weighted by Crippen LogP contribution is -2.35. The lowest BCUT2D eigenvalue weighted by atomic mass is 9.96. The van der Waals surface area contributed by atoms with Crippen LogP contribution in [0.25, 0.3) is 10.9 Å². The first-order valence-electron chi connectivity index (χ1n) is 7.22. The molecule has 0 spiro atoms. The Kier molecular flexibility index (Phi) is 5.82. The maximum atomic E-state index is 6.24. The van der Waals surface area contributed by atoms with Crippen molar-refractivity contribution in [3.63, 3.8) is 0 Å². The largest absolute Gasteiger partial charge is 0.330 e. The lowest BCUT2D eigenvalue weighted by molar-refractivity contribution is 0.181. The van der Waals surface area contributed by atoms with E-state index in [9.17, 15) is 0 Å². The molecule has 1 aliphatic heterocycles. The van der Waals surface area contributed by atoms with Gasteiger partial charge in [-0.25, -0.2) is 0 Å². The smallest absolute Gasteiger partial charge is 0.0761 e. The van der Waals surface area contributed by atoms with Crippen LogP contribution in [0, 0.1) is 5.92 Å². The summed E-state index contributed by atoms with van der Waals surface area (Å²) < 4.78 is 0. The topological polar surface area (TPSA) is 42.1 Å². The Morgan fingerprint density at radius 1 is 1.24 bits per heavy atom. The molecule has 21 heavy (non-hydrogen) atoms. The van der Waals surface area contributed by atoms with Crippen LogP contribution in [0.3, 0.4) is 0 Å². The summed E-state index contributed by atoms with van der Waals surface area (Å²) >= 11 is 6.24. The molecule has 1 aromatic carbocycles. The summed E-state index contributed by atoms with van der Waals surface area (Å²) in [6.07, 6.45) is 4.24. The molecule has 0 unspecified atom stereocenters. The SMILES string of the molecule is Cl.NCC1CCN(Cc2ccc(Cl)c3cccnc23)CC1. The third kappa shape index (κ3) is 3.67. The van der Waals surface area contributed by atoms with E-state index in [1.54, 1.807) is 0 Å². The number of benzene rings is 1. The molecule has 2 N–H and O–H groups in total. The minimum Gasteiger partial charge on any atom is -0.330 e. The summed E-state index contributed by atoms with van der Waals surface area (Å²) in [4.78, 5) is 7.00. The molecule has 3 rings (SSSR count). The average Bonchev–Trinajstić information content (AvgIpc) is 2.51. The Morgan fingerprint density at radius 3 is 2.71 bits per heavy atom. The Balaban J connectivity index is 0.00000161. The van der Waals surface area contributed by atoms with Crippen LogP contribution in [-0.2, 0) is 6.54 Å². The molecule has 0 saturated carbocycles. The number of rotatable bonds is 3. The number of hydrogen-bond acceptors (Lipinski definition) is 3.